The van der Waals surface area contributed by atoms with Crippen LogP contribution in [-0.4, -0.2) is 78.5 Å². The van der Waals surface area contributed by atoms with Crippen LogP contribution in [-0.2, 0) is 20.9 Å². The largest absolute Gasteiger partial charge is 0.459 e. The van der Waals surface area contributed by atoms with Crippen LogP contribution in [0.5, 0.6) is 17.2 Å². The van der Waals surface area contributed by atoms with Gasteiger partial charge >= 0.3 is 6.09 Å². The van der Waals surface area contributed by atoms with Crippen molar-refractivity contribution in [3.8, 4) is 17.2 Å². The van der Waals surface area contributed by atoms with E-state index >= 15 is 0 Å². The summed E-state index contributed by atoms with van der Waals surface area (Å²) in [5, 5.41) is 24.9. The summed E-state index contributed by atoms with van der Waals surface area (Å²) in [5.41, 5.74) is 3.72. The number of hydrogen-bond acceptors (Lipinski definition) is 10. The highest BCUT2D eigenvalue weighted by Gasteiger charge is 2.65. The number of carbonyl (C=O) groups is 1. The third-order valence-electron chi connectivity index (χ3n) is 13.7. The summed E-state index contributed by atoms with van der Waals surface area (Å²) < 4.78 is 27.0. The number of aliphatic hydroxyl groups excluding tert-OH is 2. The molecule has 0 bridgehead atoms. The van der Waals surface area contributed by atoms with Crippen LogP contribution >= 0.6 is 11.8 Å². The lowest BCUT2D eigenvalue weighted by atomic mass is 9.55. The standard InChI is InChI=1S/C55H76N2O8S/c1-5-7-8-9-10-11-12-13-14-22-36-61-54(60)57(3)51-39-49(56-63-40-41-23-16-15-17-24-41)47-37-42(25-18-20-33-58)46(26-19-21-34-59)52-48-38-44(64-43-27-30-45(66-4)31-28-43)29-32-50(48)65-55(51,53(47)52)62-35-6-2/h6,15-17,23-24,27-32,37-38,42,46,51-53,58-59H,2,5,7-14,18-22,25-26,33-36,39-40H2,1,3-4H3/t42-,46+,51-,52+,53+,55+/m0/s1. The van der Waals surface area contributed by atoms with Crippen LogP contribution in [0.1, 0.15) is 133 Å². The molecule has 1 amide bonds. The van der Waals surface area contributed by atoms with Crippen molar-refractivity contribution >= 4 is 23.6 Å². The van der Waals surface area contributed by atoms with Gasteiger partial charge in [-0.25, -0.2) is 4.79 Å². The van der Waals surface area contributed by atoms with Gasteiger partial charge in [0.15, 0.2) is 0 Å². The maximum absolute atomic E-state index is 14.3. The highest BCUT2D eigenvalue weighted by atomic mass is 32.2. The average Bonchev–Trinajstić information content (AvgIpc) is 3.34. The van der Waals surface area contributed by atoms with Crippen molar-refractivity contribution in [1.82, 2.24) is 4.90 Å². The molecule has 10 nitrogen and oxygen atoms in total. The number of nitrogens with zero attached hydrogens (tertiary/aromatic N) is 2. The molecule has 66 heavy (non-hydrogen) atoms. The molecule has 6 atom stereocenters. The van der Waals surface area contributed by atoms with Gasteiger partial charge in [-0.2, -0.15) is 0 Å². The topological polar surface area (TPSA) is 119 Å². The molecular formula is C55H76N2O8S. The van der Waals surface area contributed by atoms with Gasteiger partial charge in [-0.3, -0.25) is 0 Å². The van der Waals surface area contributed by atoms with E-state index in [2.05, 4.69) is 44.0 Å². The molecule has 3 aliphatic rings. The third-order valence-corrected chi connectivity index (χ3v) is 14.4. The van der Waals surface area contributed by atoms with Crippen LogP contribution in [0.3, 0.4) is 0 Å². The maximum atomic E-state index is 14.3. The molecule has 360 valence electrons. The molecule has 1 fully saturated rings. The summed E-state index contributed by atoms with van der Waals surface area (Å²) in [6.07, 6.45) is 22.7. The fourth-order valence-electron chi connectivity index (χ4n) is 10.3. The van der Waals surface area contributed by atoms with E-state index in [9.17, 15) is 15.0 Å². The Morgan fingerprint density at radius 3 is 2.24 bits per heavy atom. The van der Waals surface area contributed by atoms with E-state index in [1.54, 1.807) is 29.8 Å². The Morgan fingerprint density at radius 2 is 1.56 bits per heavy atom. The number of hydrogen-bond donors (Lipinski definition) is 2. The molecule has 11 heteroatoms. The summed E-state index contributed by atoms with van der Waals surface area (Å²) in [5.74, 6) is 0.344. The Bertz CT molecular complexity index is 1990. The van der Waals surface area contributed by atoms with Gasteiger partial charge in [-0.15, -0.1) is 18.3 Å². The monoisotopic (exact) mass is 925 g/mol. The second-order valence-electron chi connectivity index (χ2n) is 18.2. The van der Waals surface area contributed by atoms with Gasteiger partial charge in [-0.1, -0.05) is 125 Å². The number of benzene rings is 3. The van der Waals surface area contributed by atoms with Crippen LogP contribution in [0.2, 0.25) is 0 Å². The minimum absolute atomic E-state index is 0.0910. The Balaban J connectivity index is 1.39. The van der Waals surface area contributed by atoms with Crippen LogP contribution in [0.15, 0.2) is 107 Å². The number of carbonyl (C=O) groups excluding carboxylic acids is 1. The lowest BCUT2D eigenvalue weighted by molar-refractivity contribution is -0.253. The molecule has 0 saturated heterocycles. The van der Waals surface area contributed by atoms with Gasteiger partial charge < -0.3 is 38.9 Å². The number of unbranched alkanes of at least 4 members (excludes halogenated alkanes) is 11. The highest BCUT2D eigenvalue weighted by molar-refractivity contribution is 7.98. The molecule has 1 aliphatic heterocycles. The van der Waals surface area contributed by atoms with Crippen molar-refractivity contribution in [2.24, 2.45) is 22.9 Å². The van der Waals surface area contributed by atoms with Crippen molar-refractivity contribution in [3.63, 3.8) is 0 Å². The summed E-state index contributed by atoms with van der Waals surface area (Å²) in [7, 11) is 1.79. The van der Waals surface area contributed by atoms with Crippen LogP contribution in [0.25, 0.3) is 0 Å². The molecule has 0 spiro atoms. The minimum Gasteiger partial charge on any atom is -0.459 e. The van der Waals surface area contributed by atoms with Crippen molar-refractivity contribution in [3.05, 3.63) is 108 Å². The van der Waals surface area contributed by atoms with E-state index in [1.807, 2.05) is 54.6 Å². The molecule has 6 rings (SSSR count). The Kier molecular flexibility index (Phi) is 20.8. The van der Waals surface area contributed by atoms with E-state index in [-0.39, 0.29) is 44.2 Å². The van der Waals surface area contributed by atoms with Crippen LogP contribution < -0.4 is 9.47 Å². The molecule has 2 N–H and O–H groups in total. The fraction of sp³-hybridized carbons (Fsp3) is 0.564. The summed E-state index contributed by atoms with van der Waals surface area (Å²) in [6, 6.07) is 23.4. The zero-order valence-electron chi connectivity index (χ0n) is 39.9. The number of rotatable bonds is 29. The molecule has 3 aromatic rings. The minimum atomic E-state index is -1.36. The van der Waals surface area contributed by atoms with Crippen LogP contribution in [0, 0.1) is 17.8 Å². The molecule has 0 unspecified atom stereocenters. The zero-order valence-corrected chi connectivity index (χ0v) is 40.7. The van der Waals surface area contributed by atoms with Gasteiger partial charge in [0.05, 0.1) is 24.8 Å². The number of ether oxygens (including phenoxy) is 4. The second-order valence-corrected chi connectivity index (χ2v) is 19.1. The molecule has 0 radical (unpaired) electrons. The smallest absolute Gasteiger partial charge is 0.409 e. The molecule has 1 saturated carbocycles. The number of allylic oxidation sites excluding steroid dienone is 1. The predicted molar refractivity (Wildman–Crippen MR) is 265 cm³/mol. The number of likely N-dealkylation sites (N-methyl/N-ethyl adjacent to an activating group) is 1. The Morgan fingerprint density at radius 1 is 0.879 bits per heavy atom. The first kappa shape index (κ1) is 51.1. The SMILES string of the molecule is C=CCO[C@@]12Oc3ccc(Oc4ccc(SC)cc4)cc3[C@H]3[C@H](CCCCO)[C@@H](CCCCO)C=C(C(=NOCc4ccccc4)C[C@@H]1N(C)C(=O)OCCCCCCCCCCCC)[C@H]32. The van der Waals surface area contributed by atoms with Crippen LogP contribution in [0.4, 0.5) is 4.79 Å². The Labute approximate surface area is 399 Å². The number of fused-ring (bicyclic) bond motifs is 2. The van der Waals surface area contributed by atoms with Crippen molar-refractivity contribution in [2.45, 2.75) is 145 Å². The first-order chi connectivity index (χ1) is 32.4. The number of aliphatic hydroxyl groups is 2. The third kappa shape index (κ3) is 13.4. The normalized spacial score (nSPS) is 22.4. The highest BCUT2D eigenvalue weighted by Crippen LogP contribution is 2.62. The lowest BCUT2D eigenvalue weighted by Gasteiger charge is -2.59. The predicted octanol–water partition coefficient (Wildman–Crippen LogP) is 13.0. The van der Waals surface area contributed by atoms with Gasteiger partial charge in [0, 0.05) is 43.1 Å². The van der Waals surface area contributed by atoms with E-state index < -0.39 is 23.8 Å². The summed E-state index contributed by atoms with van der Waals surface area (Å²) >= 11 is 1.68. The van der Waals surface area contributed by atoms with E-state index in [4.69, 9.17) is 28.9 Å². The fourth-order valence-corrected chi connectivity index (χ4v) is 10.7. The molecule has 2 aliphatic carbocycles. The molecule has 0 aromatic heterocycles. The van der Waals surface area contributed by atoms with Crippen molar-refractivity contribution in [2.75, 3.05) is 39.7 Å². The summed E-state index contributed by atoms with van der Waals surface area (Å²) in [6.45, 7) is 7.34. The Hall–Kier alpha value is -4.29. The van der Waals surface area contributed by atoms with Gasteiger partial charge in [-0.05, 0) is 104 Å². The maximum Gasteiger partial charge on any atom is 0.409 e. The lowest BCUT2D eigenvalue weighted by Crippen LogP contribution is -2.69. The number of oxime groups is 1. The van der Waals surface area contributed by atoms with E-state index in [0.29, 0.717) is 37.4 Å². The van der Waals surface area contributed by atoms with Crippen molar-refractivity contribution < 1.29 is 38.8 Å². The first-order valence-electron chi connectivity index (χ1n) is 24.8. The second kappa shape index (κ2) is 26.9. The summed E-state index contributed by atoms with van der Waals surface area (Å²) in [4.78, 5) is 23.3. The molecular weight excluding hydrogens is 849 g/mol. The molecule has 3 aromatic carbocycles. The van der Waals surface area contributed by atoms with Gasteiger partial charge in [0.25, 0.3) is 0 Å². The van der Waals surface area contributed by atoms with Crippen molar-refractivity contribution in [1.29, 1.82) is 0 Å². The van der Waals surface area contributed by atoms with Gasteiger partial charge in [0.2, 0.25) is 5.79 Å². The van der Waals surface area contributed by atoms with Gasteiger partial charge in [0.1, 0.15) is 29.9 Å². The number of thioether (sulfide) groups is 1. The van der Waals surface area contributed by atoms with E-state index in [0.717, 1.165) is 78.0 Å². The molecule has 1 heterocycles. The van der Waals surface area contributed by atoms with E-state index in [1.165, 1.54) is 44.9 Å². The average molecular weight is 925 g/mol. The zero-order chi connectivity index (χ0) is 46.6. The number of amides is 1. The first-order valence-corrected chi connectivity index (χ1v) is 26.1. The quantitative estimate of drug-likeness (QED) is 0.0303.